The Kier molecular flexibility index (Phi) is 12.7. The summed E-state index contributed by atoms with van der Waals surface area (Å²) in [5.74, 6) is 1.53. The fourth-order valence-electron chi connectivity index (χ4n) is 5.77. The second kappa shape index (κ2) is 17.8. The van der Waals surface area contributed by atoms with Crippen LogP contribution < -0.4 is 9.47 Å². The molecule has 0 spiro atoms. The predicted octanol–water partition coefficient (Wildman–Crippen LogP) is 10.4. The van der Waals surface area contributed by atoms with Crippen molar-refractivity contribution < 1.29 is 9.47 Å². The number of allylic oxidation sites excluding steroid dienone is 4. The molecule has 0 N–H and O–H groups in total. The smallest absolute Gasteiger partial charge is 0.161 e. The molecule has 5 rings (SSSR count). The van der Waals surface area contributed by atoms with Crippen molar-refractivity contribution in [1.29, 1.82) is 0 Å². The lowest BCUT2D eigenvalue weighted by Crippen LogP contribution is -2.37. The van der Waals surface area contributed by atoms with Crippen LogP contribution in [0, 0.1) is 0 Å². The molecule has 0 saturated heterocycles. The number of benzene rings is 4. The van der Waals surface area contributed by atoms with Gasteiger partial charge in [0.1, 0.15) is 13.2 Å². The van der Waals surface area contributed by atoms with Gasteiger partial charge in [0.05, 0.1) is 0 Å². The third-order valence-corrected chi connectivity index (χ3v) is 8.34. The number of rotatable bonds is 17. The van der Waals surface area contributed by atoms with Gasteiger partial charge in [-0.05, 0) is 65.6 Å². The van der Waals surface area contributed by atoms with Crippen LogP contribution in [0.2, 0.25) is 0 Å². The Morgan fingerprint density at radius 2 is 1.35 bits per heavy atom. The standard InChI is InChI=1S/C43H47NO2/c1-3-4-18-35(2)41(44(31-36-19-12-7-13-20-36)32-37-21-14-8-15-22-37)29-40-27-28-42(45-33-38-25-16-9-17-26-38)43(30-40)46-34-39-23-10-5-6-11-24-39/h5,7-17,19-28,30,41H,2-4,6,18,29,31-34H2,1H3. The van der Waals surface area contributed by atoms with E-state index in [1.54, 1.807) is 0 Å². The van der Waals surface area contributed by atoms with Crippen molar-refractivity contribution in [2.24, 2.45) is 0 Å². The molecule has 4 aromatic rings. The van der Waals surface area contributed by atoms with Gasteiger partial charge < -0.3 is 9.47 Å². The molecule has 0 saturated carbocycles. The summed E-state index contributed by atoms with van der Waals surface area (Å²) in [5, 5.41) is 0. The first-order chi connectivity index (χ1) is 22.7. The van der Waals surface area contributed by atoms with Crippen molar-refractivity contribution in [3.05, 3.63) is 180 Å². The second-order valence-corrected chi connectivity index (χ2v) is 12.0. The van der Waals surface area contributed by atoms with Gasteiger partial charge in [-0.3, -0.25) is 4.90 Å². The summed E-state index contributed by atoms with van der Waals surface area (Å²) in [6, 6.07) is 38.5. The van der Waals surface area contributed by atoms with Gasteiger partial charge in [-0.2, -0.15) is 0 Å². The SMILES string of the molecule is C=C(CCCC)C(Cc1ccc(OCc2ccccc2)c(OCC2=CC=CCC=C2)c1)N(Cc1ccccc1)Cc1ccccc1. The Morgan fingerprint density at radius 3 is 2.00 bits per heavy atom. The van der Waals surface area contributed by atoms with Gasteiger partial charge in [0, 0.05) is 19.1 Å². The van der Waals surface area contributed by atoms with E-state index in [2.05, 4.69) is 140 Å². The highest BCUT2D eigenvalue weighted by atomic mass is 16.5. The minimum absolute atomic E-state index is 0.161. The van der Waals surface area contributed by atoms with Crippen LogP contribution in [0.1, 0.15) is 54.9 Å². The maximum absolute atomic E-state index is 6.51. The molecule has 0 bridgehead atoms. The van der Waals surface area contributed by atoms with E-state index in [-0.39, 0.29) is 6.04 Å². The van der Waals surface area contributed by atoms with Crippen molar-refractivity contribution in [1.82, 2.24) is 4.90 Å². The lowest BCUT2D eigenvalue weighted by atomic mass is 9.93. The van der Waals surface area contributed by atoms with Gasteiger partial charge in [-0.1, -0.05) is 153 Å². The van der Waals surface area contributed by atoms with E-state index in [9.17, 15) is 0 Å². The molecule has 1 aliphatic rings. The van der Waals surface area contributed by atoms with Gasteiger partial charge in [0.15, 0.2) is 11.5 Å². The van der Waals surface area contributed by atoms with E-state index >= 15 is 0 Å². The fourth-order valence-corrected chi connectivity index (χ4v) is 5.77. The largest absolute Gasteiger partial charge is 0.485 e. The Labute approximate surface area is 276 Å². The summed E-state index contributed by atoms with van der Waals surface area (Å²) < 4.78 is 12.9. The lowest BCUT2D eigenvalue weighted by Gasteiger charge is -2.34. The first-order valence-corrected chi connectivity index (χ1v) is 16.6. The number of ether oxygens (including phenoxy) is 2. The van der Waals surface area contributed by atoms with Crippen LogP contribution in [0.3, 0.4) is 0 Å². The van der Waals surface area contributed by atoms with E-state index in [4.69, 9.17) is 9.47 Å². The van der Waals surface area contributed by atoms with Gasteiger partial charge in [-0.25, -0.2) is 0 Å². The predicted molar refractivity (Wildman–Crippen MR) is 192 cm³/mol. The maximum Gasteiger partial charge on any atom is 0.161 e. The monoisotopic (exact) mass is 609 g/mol. The second-order valence-electron chi connectivity index (χ2n) is 12.0. The Bertz CT molecular complexity index is 1550. The van der Waals surface area contributed by atoms with Crippen LogP contribution in [0.5, 0.6) is 11.5 Å². The molecule has 46 heavy (non-hydrogen) atoms. The highest BCUT2D eigenvalue weighted by Gasteiger charge is 2.23. The summed E-state index contributed by atoms with van der Waals surface area (Å²) in [6.07, 6.45) is 15.8. The highest BCUT2D eigenvalue weighted by Crippen LogP contribution is 2.32. The molecule has 0 aliphatic heterocycles. The number of nitrogens with zero attached hydrogens (tertiary/aromatic N) is 1. The molecule has 1 aliphatic carbocycles. The maximum atomic E-state index is 6.51. The topological polar surface area (TPSA) is 21.7 Å². The number of unbranched alkanes of at least 4 members (excludes halogenated alkanes) is 1. The average Bonchev–Trinajstić information content (AvgIpc) is 3.38. The summed E-state index contributed by atoms with van der Waals surface area (Å²) in [5.41, 5.74) is 7.36. The molecule has 236 valence electrons. The summed E-state index contributed by atoms with van der Waals surface area (Å²) >= 11 is 0. The van der Waals surface area contributed by atoms with Crippen LogP contribution in [0.25, 0.3) is 0 Å². The lowest BCUT2D eigenvalue weighted by molar-refractivity contribution is 0.197. The van der Waals surface area contributed by atoms with Crippen molar-refractivity contribution in [2.75, 3.05) is 6.61 Å². The normalized spacial score (nSPS) is 13.2. The van der Waals surface area contributed by atoms with Gasteiger partial charge in [0.25, 0.3) is 0 Å². The molecule has 0 amide bonds. The van der Waals surface area contributed by atoms with Crippen molar-refractivity contribution in [3.63, 3.8) is 0 Å². The Morgan fingerprint density at radius 1 is 0.717 bits per heavy atom. The van der Waals surface area contributed by atoms with Crippen LogP contribution in [-0.4, -0.2) is 17.5 Å². The molecule has 0 fully saturated rings. The van der Waals surface area contributed by atoms with Gasteiger partial charge in [-0.15, -0.1) is 0 Å². The zero-order valence-corrected chi connectivity index (χ0v) is 27.2. The zero-order chi connectivity index (χ0) is 31.8. The van der Waals surface area contributed by atoms with E-state index in [0.29, 0.717) is 13.2 Å². The van der Waals surface area contributed by atoms with Crippen LogP contribution in [0.4, 0.5) is 0 Å². The zero-order valence-electron chi connectivity index (χ0n) is 27.2. The number of hydrogen-bond acceptors (Lipinski definition) is 3. The Balaban J connectivity index is 1.44. The molecule has 3 heteroatoms. The number of hydrogen-bond donors (Lipinski definition) is 0. The average molecular weight is 610 g/mol. The molecule has 0 radical (unpaired) electrons. The minimum Gasteiger partial charge on any atom is -0.485 e. The van der Waals surface area contributed by atoms with Crippen molar-refractivity contribution in [2.45, 2.75) is 64.8 Å². The van der Waals surface area contributed by atoms with Crippen LogP contribution in [0.15, 0.2) is 157 Å². The molecule has 0 heterocycles. The van der Waals surface area contributed by atoms with E-state index < -0.39 is 0 Å². The first-order valence-electron chi connectivity index (χ1n) is 16.6. The third-order valence-electron chi connectivity index (χ3n) is 8.34. The van der Waals surface area contributed by atoms with E-state index in [1.807, 2.05) is 18.2 Å². The molecular formula is C43H47NO2. The quantitative estimate of drug-likeness (QED) is 0.111. The van der Waals surface area contributed by atoms with E-state index in [0.717, 1.165) is 67.8 Å². The third kappa shape index (κ3) is 10.2. The Hall–Kier alpha value is -4.60. The van der Waals surface area contributed by atoms with Crippen molar-refractivity contribution >= 4 is 0 Å². The van der Waals surface area contributed by atoms with E-state index in [1.165, 1.54) is 22.3 Å². The van der Waals surface area contributed by atoms with Gasteiger partial charge >= 0.3 is 0 Å². The molecule has 3 nitrogen and oxygen atoms in total. The molecule has 1 unspecified atom stereocenters. The van der Waals surface area contributed by atoms with Crippen molar-refractivity contribution in [3.8, 4) is 11.5 Å². The summed E-state index contributed by atoms with van der Waals surface area (Å²) in [4.78, 5) is 2.59. The molecule has 0 aromatic heterocycles. The highest BCUT2D eigenvalue weighted by molar-refractivity contribution is 5.44. The van der Waals surface area contributed by atoms with Gasteiger partial charge in [0.2, 0.25) is 0 Å². The van der Waals surface area contributed by atoms with Crippen LogP contribution in [-0.2, 0) is 26.1 Å². The molecule has 1 atom stereocenters. The summed E-state index contributed by atoms with van der Waals surface area (Å²) in [7, 11) is 0. The molecule has 4 aromatic carbocycles. The molecular weight excluding hydrogens is 562 g/mol. The minimum atomic E-state index is 0.161. The van der Waals surface area contributed by atoms with Crippen LogP contribution >= 0.6 is 0 Å². The first kappa shape index (κ1) is 32.8. The fraction of sp³-hybridized carbons (Fsp3) is 0.256. The summed E-state index contributed by atoms with van der Waals surface area (Å²) in [6.45, 7) is 9.60.